The first kappa shape index (κ1) is 7.56. The second-order valence-electron chi connectivity index (χ2n) is 4.09. The molecule has 2 nitrogen and oxygen atoms in total. The summed E-state index contributed by atoms with van der Waals surface area (Å²) >= 11 is 0. The second-order valence-corrected chi connectivity index (χ2v) is 4.09. The van der Waals surface area contributed by atoms with E-state index in [1.807, 2.05) is 0 Å². The van der Waals surface area contributed by atoms with Crippen molar-refractivity contribution in [1.29, 1.82) is 0 Å². The van der Waals surface area contributed by atoms with Crippen LogP contribution in [-0.2, 0) is 0 Å². The number of aliphatic hydroxyl groups excluding tert-OH is 1. The maximum Gasteiger partial charge on any atom is 0.0693 e. The Morgan fingerprint density at radius 3 is 2.45 bits per heavy atom. The number of hydrogen-bond donors (Lipinski definition) is 2. The zero-order valence-electron chi connectivity index (χ0n) is 7.09. The molecule has 0 amide bonds. The Balaban J connectivity index is 1.77. The quantitative estimate of drug-likeness (QED) is 0.621. The molecule has 2 heteroatoms. The van der Waals surface area contributed by atoms with Crippen LogP contribution in [0.5, 0.6) is 0 Å². The van der Waals surface area contributed by atoms with Crippen LogP contribution in [0.25, 0.3) is 0 Å². The third-order valence-electron chi connectivity index (χ3n) is 3.02. The summed E-state index contributed by atoms with van der Waals surface area (Å²) in [5.74, 6) is 0.850. The van der Waals surface area contributed by atoms with Crippen molar-refractivity contribution in [3.05, 3.63) is 0 Å². The van der Waals surface area contributed by atoms with E-state index in [1.54, 1.807) is 0 Å². The van der Waals surface area contributed by atoms with Gasteiger partial charge in [0, 0.05) is 12.1 Å². The number of nitrogens with one attached hydrogen (secondary N) is 1. The van der Waals surface area contributed by atoms with E-state index in [4.69, 9.17) is 0 Å². The van der Waals surface area contributed by atoms with Crippen molar-refractivity contribution in [1.82, 2.24) is 5.32 Å². The van der Waals surface area contributed by atoms with Gasteiger partial charge in [0.25, 0.3) is 0 Å². The van der Waals surface area contributed by atoms with Gasteiger partial charge in [-0.1, -0.05) is 6.92 Å². The summed E-state index contributed by atoms with van der Waals surface area (Å²) in [5.41, 5.74) is 0. The molecule has 0 aromatic rings. The number of aliphatic hydroxyl groups is 1. The summed E-state index contributed by atoms with van der Waals surface area (Å²) in [4.78, 5) is 0. The smallest absolute Gasteiger partial charge is 0.0693 e. The lowest BCUT2D eigenvalue weighted by Crippen LogP contribution is -2.37. The lowest BCUT2D eigenvalue weighted by atomic mass is 10.2. The molecule has 2 unspecified atom stereocenters. The molecule has 0 saturated heterocycles. The molecule has 2 fully saturated rings. The van der Waals surface area contributed by atoms with E-state index in [0.717, 1.165) is 12.3 Å². The molecule has 0 aromatic heterocycles. The zero-order valence-corrected chi connectivity index (χ0v) is 7.09. The van der Waals surface area contributed by atoms with Crippen LogP contribution in [0.15, 0.2) is 0 Å². The van der Waals surface area contributed by atoms with Gasteiger partial charge in [-0.2, -0.15) is 0 Å². The molecule has 0 aliphatic heterocycles. The topological polar surface area (TPSA) is 32.3 Å². The van der Waals surface area contributed by atoms with Crippen LogP contribution in [0.4, 0.5) is 0 Å². The molecule has 0 heterocycles. The van der Waals surface area contributed by atoms with Gasteiger partial charge in [0.15, 0.2) is 0 Å². The summed E-state index contributed by atoms with van der Waals surface area (Å²) < 4.78 is 0. The van der Waals surface area contributed by atoms with Crippen molar-refractivity contribution >= 4 is 0 Å². The largest absolute Gasteiger partial charge is 0.392 e. The van der Waals surface area contributed by atoms with Crippen LogP contribution in [0.1, 0.15) is 32.6 Å². The molecule has 4 atom stereocenters. The highest BCUT2D eigenvalue weighted by Crippen LogP contribution is 2.31. The summed E-state index contributed by atoms with van der Waals surface area (Å²) in [6.45, 7) is 2.26. The van der Waals surface area contributed by atoms with Crippen LogP contribution in [0.2, 0.25) is 0 Å². The van der Waals surface area contributed by atoms with Gasteiger partial charge in [-0.05, 0) is 31.6 Å². The average molecular weight is 155 g/mol. The zero-order chi connectivity index (χ0) is 7.84. The molecular formula is C9H17NO. The molecule has 0 spiro atoms. The molecule has 2 aliphatic rings. The van der Waals surface area contributed by atoms with Gasteiger partial charge in [-0.25, -0.2) is 0 Å². The van der Waals surface area contributed by atoms with E-state index >= 15 is 0 Å². The Morgan fingerprint density at radius 2 is 2.00 bits per heavy atom. The predicted molar refractivity (Wildman–Crippen MR) is 44.4 cm³/mol. The van der Waals surface area contributed by atoms with E-state index in [1.165, 1.54) is 19.3 Å². The molecule has 2 rings (SSSR count). The van der Waals surface area contributed by atoms with Crippen molar-refractivity contribution in [3.8, 4) is 0 Å². The van der Waals surface area contributed by atoms with Gasteiger partial charge in [-0.15, -0.1) is 0 Å². The van der Waals surface area contributed by atoms with Gasteiger partial charge < -0.3 is 10.4 Å². The first-order valence-corrected chi connectivity index (χ1v) is 4.71. The SMILES string of the molecule is CC1CC1N[C@H]1CCC[C@@H]1O. The van der Waals surface area contributed by atoms with Crippen molar-refractivity contribution < 1.29 is 5.11 Å². The summed E-state index contributed by atoms with van der Waals surface area (Å²) in [6, 6.07) is 1.12. The van der Waals surface area contributed by atoms with E-state index < -0.39 is 0 Å². The van der Waals surface area contributed by atoms with Crippen LogP contribution in [0, 0.1) is 5.92 Å². The van der Waals surface area contributed by atoms with Crippen LogP contribution >= 0.6 is 0 Å². The van der Waals surface area contributed by atoms with Gasteiger partial charge in [0.1, 0.15) is 0 Å². The van der Waals surface area contributed by atoms with E-state index in [2.05, 4.69) is 12.2 Å². The predicted octanol–water partition coefficient (Wildman–Crippen LogP) is 0.898. The van der Waals surface area contributed by atoms with Crippen molar-refractivity contribution in [2.45, 2.75) is 50.8 Å². The molecule has 0 bridgehead atoms. The Hall–Kier alpha value is -0.0800. The van der Waals surface area contributed by atoms with Crippen LogP contribution in [-0.4, -0.2) is 23.3 Å². The van der Waals surface area contributed by atoms with Crippen LogP contribution < -0.4 is 5.32 Å². The molecule has 0 aromatic carbocycles. The maximum absolute atomic E-state index is 9.49. The minimum atomic E-state index is -0.0669. The van der Waals surface area contributed by atoms with E-state index in [9.17, 15) is 5.11 Å². The molecule has 2 saturated carbocycles. The summed E-state index contributed by atoms with van der Waals surface area (Å²) in [7, 11) is 0. The minimum absolute atomic E-state index is 0.0669. The Labute approximate surface area is 68.0 Å². The summed E-state index contributed by atoms with van der Waals surface area (Å²) in [5, 5.41) is 13.0. The minimum Gasteiger partial charge on any atom is -0.392 e. The second kappa shape index (κ2) is 2.76. The average Bonchev–Trinajstić information content (AvgIpc) is 2.48. The van der Waals surface area contributed by atoms with Crippen molar-refractivity contribution in [3.63, 3.8) is 0 Å². The Morgan fingerprint density at radius 1 is 1.27 bits per heavy atom. The van der Waals surface area contributed by atoms with E-state index in [-0.39, 0.29) is 6.10 Å². The normalized spacial score (nSPS) is 49.6. The Bertz CT molecular complexity index is 148. The fraction of sp³-hybridized carbons (Fsp3) is 1.00. The fourth-order valence-corrected chi connectivity index (χ4v) is 1.96. The van der Waals surface area contributed by atoms with E-state index in [0.29, 0.717) is 12.1 Å². The molecular weight excluding hydrogens is 138 g/mol. The van der Waals surface area contributed by atoms with Crippen molar-refractivity contribution in [2.24, 2.45) is 5.92 Å². The first-order chi connectivity index (χ1) is 5.27. The highest BCUT2D eigenvalue weighted by atomic mass is 16.3. The monoisotopic (exact) mass is 155 g/mol. The molecule has 64 valence electrons. The molecule has 11 heavy (non-hydrogen) atoms. The first-order valence-electron chi connectivity index (χ1n) is 4.71. The fourth-order valence-electron chi connectivity index (χ4n) is 1.96. The third-order valence-corrected chi connectivity index (χ3v) is 3.02. The molecule has 2 aliphatic carbocycles. The summed E-state index contributed by atoms with van der Waals surface area (Å²) in [6.07, 6.45) is 4.61. The van der Waals surface area contributed by atoms with Gasteiger partial charge >= 0.3 is 0 Å². The van der Waals surface area contributed by atoms with Crippen LogP contribution in [0.3, 0.4) is 0 Å². The van der Waals surface area contributed by atoms with Gasteiger partial charge in [0.2, 0.25) is 0 Å². The third kappa shape index (κ3) is 1.57. The number of rotatable bonds is 2. The Kier molecular flexibility index (Phi) is 1.90. The molecule has 2 N–H and O–H groups in total. The highest BCUT2D eigenvalue weighted by Gasteiger charge is 2.36. The lowest BCUT2D eigenvalue weighted by Gasteiger charge is -2.15. The highest BCUT2D eigenvalue weighted by molar-refractivity contribution is 4.95. The van der Waals surface area contributed by atoms with Gasteiger partial charge in [-0.3, -0.25) is 0 Å². The van der Waals surface area contributed by atoms with Gasteiger partial charge in [0.05, 0.1) is 6.10 Å². The number of hydrogen-bond acceptors (Lipinski definition) is 2. The molecule has 0 radical (unpaired) electrons. The lowest BCUT2D eigenvalue weighted by molar-refractivity contribution is 0.148. The van der Waals surface area contributed by atoms with Crippen molar-refractivity contribution in [2.75, 3.05) is 0 Å². The standard InChI is InChI=1S/C9H17NO/c1-6-5-8(6)10-7-3-2-4-9(7)11/h6-11H,2-5H2,1H3/t6?,7-,8?,9-/m0/s1. The maximum atomic E-state index is 9.49.